The fourth-order valence-corrected chi connectivity index (χ4v) is 8.25. The monoisotopic (exact) mass is 969 g/mol. The van der Waals surface area contributed by atoms with Crippen molar-refractivity contribution < 1.29 is 107 Å². The number of primary sulfonamides is 1. The van der Waals surface area contributed by atoms with E-state index in [1.807, 2.05) is 0 Å². The van der Waals surface area contributed by atoms with E-state index in [-0.39, 0.29) is 108 Å². The van der Waals surface area contributed by atoms with Gasteiger partial charge in [0.2, 0.25) is 41.5 Å². The molecule has 22 nitrogen and oxygen atoms in total. The van der Waals surface area contributed by atoms with Gasteiger partial charge >= 0.3 is 35.2 Å². The molecule has 6 aromatic carbocycles. The van der Waals surface area contributed by atoms with Crippen molar-refractivity contribution in [2.45, 2.75) is 16.7 Å². The van der Waals surface area contributed by atoms with Crippen molar-refractivity contribution in [1.29, 1.82) is 0 Å². The summed E-state index contributed by atoms with van der Waals surface area (Å²) in [6.45, 7) is 1.20. The minimum atomic E-state index is -4.07. The molecule has 8 N–H and O–H groups in total. The Bertz CT molecular complexity index is 3250. The molecular formula is C36H30CrN8NaO14S3+. The number of phenolic OH excluding ortho intramolecular Hbond substituents is 4. The average molecular weight is 970 g/mol. The molecule has 1 aliphatic heterocycles. The zero-order valence-corrected chi connectivity index (χ0v) is 38.3. The zero-order chi connectivity index (χ0) is 44.6. The van der Waals surface area contributed by atoms with E-state index in [0.717, 1.165) is 36.6 Å². The van der Waals surface area contributed by atoms with Gasteiger partial charge in [0.15, 0.2) is 17.4 Å². The van der Waals surface area contributed by atoms with Crippen molar-refractivity contribution in [3.05, 3.63) is 95.0 Å². The summed E-state index contributed by atoms with van der Waals surface area (Å²) < 4.78 is 79.0. The van der Waals surface area contributed by atoms with E-state index in [2.05, 4.69) is 30.5 Å². The van der Waals surface area contributed by atoms with E-state index in [9.17, 15) is 60.6 Å². The number of hydrogen-bond acceptors (Lipinski definition) is 18. The predicted molar refractivity (Wildman–Crippen MR) is 219 cm³/mol. The van der Waals surface area contributed by atoms with E-state index in [1.54, 1.807) is 36.4 Å². The Balaban J connectivity index is 0.000000269. The molecule has 7 rings (SSSR count). The number of phenols is 4. The quantitative estimate of drug-likeness (QED) is 0.0359. The molecule has 0 aromatic heterocycles. The van der Waals surface area contributed by atoms with Crippen LogP contribution in [0.1, 0.15) is 6.92 Å². The number of aromatic hydroxyl groups is 4. The van der Waals surface area contributed by atoms with Crippen LogP contribution < -0.4 is 49.5 Å². The third kappa shape index (κ3) is 11.0. The van der Waals surface area contributed by atoms with E-state index in [1.165, 1.54) is 25.1 Å². The van der Waals surface area contributed by atoms with E-state index >= 15 is 0 Å². The third-order valence-corrected chi connectivity index (χ3v) is 11.3. The normalized spacial score (nSPS) is 13.0. The summed E-state index contributed by atoms with van der Waals surface area (Å²) >= 11 is 0. The standard InChI is InChI=1S/C19H17N5O7S.C17H13N3O7S2.Cr.Na/c1-10(25)20-12-8-14(19(27)15(9-12)24(28)29)21-22-18-16(26)7-6-11-4-3-5-13(17(11)18)23-32(2,30)31;18-29(25,26)9-5-6-13(21)12(7-9)19-20-14-15(22)10-3-1-2-4-11(10)16-17(14)28(23,24)8-27-16;;/h3-9,23,26-27H,1-2H3,(H,20,25);1-7,21-22H,8H2,(H2,18,25,26);;/q;;;+1. The van der Waals surface area contributed by atoms with Crippen molar-refractivity contribution in [2.24, 2.45) is 25.6 Å². The predicted octanol–water partition coefficient (Wildman–Crippen LogP) is 3.34. The van der Waals surface area contributed by atoms with Crippen molar-refractivity contribution in [1.82, 2.24) is 0 Å². The Labute approximate surface area is 389 Å². The molecule has 322 valence electrons. The van der Waals surface area contributed by atoms with Crippen LogP contribution in [0.5, 0.6) is 28.7 Å². The van der Waals surface area contributed by atoms with Crippen LogP contribution >= 0.6 is 0 Å². The van der Waals surface area contributed by atoms with Gasteiger partial charge in [0.05, 0.1) is 27.4 Å². The Kier molecular flexibility index (Phi) is 15.2. The molecule has 0 fully saturated rings. The fourth-order valence-electron chi connectivity index (χ4n) is 5.87. The SMILES string of the molecule is CC(=O)Nc1cc(N=Nc2c(O)ccc3cccc(NS(C)(=O)=O)c23)c(O)c([N+](=O)[O-])c1.NS(=O)(=O)c1ccc(O)c(N=Nc2c3c(c4ccccc4c2O)OCS3(=O)=O)c1.[Cr].[Na+]. The number of nitrogens with two attached hydrogens (primary N) is 1. The number of carbonyl (C=O) groups is 1. The van der Waals surface area contributed by atoms with E-state index in [4.69, 9.17) is 9.88 Å². The number of sulfone groups is 1. The van der Waals surface area contributed by atoms with E-state index < -0.39 is 69.6 Å². The zero-order valence-electron chi connectivity index (χ0n) is 32.6. The van der Waals surface area contributed by atoms with Crippen LogP contribution in [0.4, 0.5) is 39.8 Å². The smallest absolute Gasteiger partial charge is 0.506 e. The molecule has 1 heterocycles. The van der Waals surface area contributed by atoms with Gasteiger partial charge in [-0.25, -0.2) is 30.4 Å². The molecular weight excluding hydrogens is 940 g/mol. The number of rotatable bonds is 9. The van der Waals surface area contributed by atoms with Crippen molar-refractivity contribution in [3.63, 3.8) is 0 Å². The number of nitrogens with one attached hydrogen (secondary N) is 2. The molecule has 0 atom stereocenters. The second-order valence-electron chi connectivity index (χ2n) is 12.9. The number of benzene rings is 6. The Morgan fingerprint density at radius 1 is 0.825 bits per heavy atom. The molecule has 0 radical (unpaired) electrons. The molecule has 0 spiro atoms. The maximum atomic E-state index is 12.5. The first-order chi connectivity index (χ1) is 28.6. The molecule has 0 saturated carbocycles. The molecule has 1 aliphatic rings. The summed E-state index contributed by atoms with van der Waals surface area (Å²) in [4.78, 5) is 21.1. The van der Waals surface area contributed by atoms with Gasteiger partial charge < -0.3 is 30.5 Å². The van der Waals surface area contributed by atoms with Crippen LogP contribution in [0.2, 0.25) is 0 Å². The first-order valence-corrected chi connectivity index (χ1v) is 22.0. The fraction of sp³-hybridized carbons (Fsp3) is 0.0833. The van der Waals surface area contributed by atoms with Crippen LogP contribution in [0.25, 0.3) is 21.5 Å². The molecule has 1 amide bonds. The summed E-state index contributed by atoms with van der Waals surface area (Å²) in [5.41, 5.74) is -1.75. The summed E-state index contributed by atoms with van der Waals surface area (Å²) in [5.74, 6) is -3.11. The van der Waals surface area contributed by atoms with Crippen molar-refractivity contribution in [2.75, 3.05) is 22.2 Å². The largest absolute Gasteiger partial charge is 1.00 e. The van der Waals surface area contributed by atoms with Crippen molar-refractivity contribution >= 4 is 97.1 Å². The molecule has 27 heteroatoms. The average Bonchev–Trinajstić information content (AvgIpc) is 3.49. The maximum absolute atomic E-state index is 12.5. The number of nitro benzene ring substituents is 1. The molecule has 0 unspecified atom stereocenters. The molecule has 0 aliphatic carbocycles. The Hall–Kier alpha value is -5.95. The molecule has 0 saturated heterocycles. The Morgan fingerprint density at radius 2 is 1.46 bits per heavy atom. The number of carbonyl (C=O) groups excluding carboxylic acids is 1. The van der Waals surface area contributed by atoms with Gasteiger partial charge in [-0.05, 0) is 41.8 Å². The number of amides is 1. The van der Waals surface area contributed by atoms with Crippen LogP contribution in [0, 0.1) is 10.1 Å². The van der Waals surface area contributed by atoms with Crippen LogP contribution in [-0.2, 0) is 52.0 Å². The first kappa shape index (κ1) is 49.7. The van der Waals surface area contributed by atoms with Gasteiger partial charge in [-0.3, -0.25) is 19.6 Å². The van der Waals surface area contributed by atoms with Gasteiger partial charge in [-0.1, -0.05) is 42.5 Å². The van der Waals surface area contributed by atoms with Crippen LogP contribution in [0.15, 0.2) is 115 Å². The number of hydrogen-bond donors (Lipinski definition) is 7. The second-order valence-corrected chi connectivity index (χ2v) is 18.1. The topological polar surface area (TPSA) is 352 Å². The van der Waals surface area contributed by atoms with Gasteiger partial charge in [0.25, 0.3) is 0 Å². The summed E-state index contributed by atoms with van der Waals surface area (Å²) in [5, 5.41) is 76.5. The Morgan fingerprint density at radius 3 is 2.10 bits per heavy atom. The molecule has 0 bridgehead atoms. The van der Waals surface area contributed by atoms with Gasteiger partial charge in [-0.2, -0.15) is 0 Å². The number of ether oxygens (including phenoxy) is 1. The summed E-state index contributed by atoms with van der Waals surface area (Å²) in [6, 6.07) is 19.2. The number of fused-ring (bicyclic) bond motifs is 4. The van der Waals surface area contributed by atoms with E-state index in [0.29, 0.717) is 16.2 Å². The second kappa shape index (κ2) is 19.2. The van der Waals surface area contributed by atoms with Gasteiger partial charge in [0.1, 0.15) is 39.2 Å². The summed E-state index contributed by atoms with van der Waals surface area (Å²) in [7, 11) is -11.6. The number of azo groups is 2. The molecule has 63 heavy (non-hydrogen) atoms. The van der Waals surface area contributed by atoms with Gasteiger partial charge in [0, 0.05) is 46.5 Å². The number of sulfonamides is 2. The minimum Gasteiger partial charge on any atom is -0.506 e. The third-order valence-electron chi connectivity index (χ3n) is 8.41. The first-order valence-electron chi connectivity index (χ1n) is 16.9. The van der Waals surface area contributed by atoms with Gasteiger partial charge in [-0.15, -0.1) is 20.5 Å². The van der Waals surface area contributed by atoms with Crippen molar-refractivity contribution in [3.8, 4) is 28.7 Å². The number of anilines is 2. The number of nitro groups is 1. The van der Waals surface area contributed by atoms with Crippen LogP contribution in [-0.4, -0.2) is 68.7 Å². The molecule has 6 aromatic rings. The number of nitrogens with zero attached hydrogens (tertiary/aromatic N) is 5. The van der Waals surface area contributed by atoms with Crippen LogP contribution in [0.3, 0.4) is 0 Å². The maximum Gasteiger partial charge on any atom is 1.00 e. The summed E-state index contributed by atoms with van der Waals surface area (Å²) in [6.07, 6.45) is 0.959. The minimum absolute atomic E-state index is 0.